The van der Waals surface area contributed by atoms with Crippen molar-refractivity contribution in [2.75, 3.05) is 12.0 Å². The highest BCUT2D eigenvalue weighted by Crippen LogP contribution is 2.36. The van der Waals surface area contributed by atoms with Crippen molar-refractivity contribution < 1.29 is 27.2 Å². The topological polar surface area (TPSA) is 97.1 Å². The second kappa shape index (κ2) is 12.8. The predicted octanol–water partition coefficient (Wildman–Crippen LogP) is 7.16. The van der Waals surface area contributed by atoms with Gasteiger partial charge in [-0.2, -0.15) is 4.31 Å². The number of halogens is 2. The fourth-order valence-electron chi connectivity index (χ4n) is 4.87. The molecule has 0 atom stereocenters. The van der Waals surface area contributed by atoms with Gasteiger partial charge in [0, 0.05) is 17.9 Å². The van der Waals surface area contributed by atoms with Crippen molar-refractivity contribution in [1.82, 2.24) is 4.31 Å². The molecule has 0 bridgehead atoms. The largest absolute Gasteiger partial charge is 0.465 e. The molecule has 8 nitrogen and oxygen atoms in total. The number of amides is 1. The van der Waals surface area contributed by atoms with Gasteiger partial charge in [0.25, 0.3) is 5.91 Å². The van der Waals surface area contributed by atoms with Crippen molar-refractivity contribution in [1.29, 1.82) is 0 Å². The SMILES string of the molecule is COC(=O)C1=C(C)N(c2ccccc2)C(=O)/C1=C/c1ccc(CN(Cc2ccc(Cl)c(Cl)c2)S(=O)(=O)c2ccc(C)cc2)o1. The van der Waals surface area contributed by atoms with Crippen molar-refractivity contribution >= 4 is 56.9 Å². The minimum absolute atomic E-state index is 0.0107. The van der Waals surface area contributed by atoms with E-state index in [9.17, 15) is 18.0 Å². The molecule has 0 fully saturated rings. The first-order chi connectivity index (χ1) is 21.0. The maximum absolute atomic E-state index is 13.8. The lowest BCUT2D eigenvalue weighted by Crippen LogP contribution is -2.30. The molecule has 3 aromatic carbocycles. The number of esters is 1. The van der Waals surface area contributed by atoms with Gasteiger partial charge in [0.05, 0.1) is 39.7 Å². The number of ether oxygens (including phenoxy) is 1. The summed E-state index contributed by atoms with van der Waals surface area (Å²) in [6.07, 6.45) is 1.46. The Bertz CT molecular complexity index is 1900. The van der Waals surface area contributed by atoms with Crippen LogP contribution in [-0.4, -0.2) is 31.7 Å². The number of hydrogen-bond donors (Lipinski definition) is 0. The van der Waals surface area contributed by atoms with E-state index in [-0.39, 0.29) is 34.9 Å². The smallest absolute Gasteiger partial charge is 0.340 e. The molecule has 0 aliphatic carbocycles. The van der Waals surface area contributed by atoms with Crippen LogP contribution >= 0.6 is 23.2 Å². The van der Waals surface area contributed by atoms with Gasteiger partial charge in [0.15, 0.2) is 0 Å². The molecule has 1 aliphatic rings. The molecule has 4 aromatic rings. The number of benzene rings is 3. The monoisotopic (exact) mass is 650 g/mol. The van der Waals surface area contributed by atoms with Crippen molar-refractivity contribution in [2.24, 2.45) is 0 Å². The van der Waals surface area contributed by atoms with E-state index < -0.39 is 21.9 Å². The zero-order chi connectivity index (χ0) is 31.6. The Morgan fingerprint density at radius 2 is 1.64 bits per heavy atom. The third kappa shape index (κ3) is 6.37. The molecule has 1 aromatic heterocycles. The normalized spacial score (nSPS) is 14.6. The Labute approximate surface area is 265 Å². The van der Waals surface area contributed by atoms with Gasteiger partial charge in [-0.1, -0.05) is 65.2 Å². The number of allylic oxidation sites excluding steroid dienone is 1. The average molecular weight is 652 g/mol. The Kier molecular flexibility index (Phi) is 9.12. The zero-order valence-electron chi connectivity index (χ0n) is 24.1. The first-order valence-electron chi connectivity index (χ1n) is 13.5. The first-order valence-corrected chi connectivity index (χ1v) is 15.7. The van der Waals surface area contributed by atoms with Gasteiger partial charge in [-0.25, -0.2) is 13.2 Å². The Hall–Kier alpha value is -4.15. The van der Waals surface area contributed by atoms with Crippen LogP contribution in [0.25, 0.3) is 6.08 Å². The van der Waals surface area contributed by atoms with Crippen LogP contribution in [0.4, 0.5) is 5.69 Å². The fourth-order valence-corrected chi connectivity index (χ4v) is 6.58. The third-order valence-electron chi connectivity index (χ3n) is 7.11. The minimum atomic E-state index is -3.98. The highest BCUT2D eigenvalue weighted by atomic mass is 35.5. The van der Waals surface area contributed by atoms with Gasteiger partial charge in [-0.05, 0) is 74.0 Å². The quantitative estimate of drug-likeness (QED) is 0.141. The minimum Gasteiger partial charge on any atom is -0.465 e. The number of hydrogen-bond acceptors (Lipinski definition) is 6. The van der Waals surface area contributed by atoms with Crippen LogP contribution in [0.1, 0.15) is 29.6 Å². The molecule has 0 saturated carbocycles. The molecule has 0 unspecified atom stereocenters. The summed E-state index contributed by atoms with van der Waals surface area (Å²) in [4.78, 5) is 27.9. The number of methoxy groups -OCH3 is 1. The number of aryl methyl sites for hydroxylation is 1. The Morgan fingerprint density at radius 1 is 0.932 bits per heavy atom. The number of rotatable bonds is 9. The molecule has 226 valence electrons. The van der Waals surface area contributed by atoms with Gasteiger partial charge >= 0.3 is 5.97 Å². The van der Waals surface area contributed by atoms with E-state index in [4.69, 9.17) is 32.4 Å². The van der Waals surface area contributed by atoms with Crippen LogP contribution in [0.3, 0.4) is 0 Å². The first kappa shape index (κ1) is 31.3. The number of sulfonamides is 1. The molecule has 2 heterocycles. The molecule has 1 aliphatic heterocycles. The Morgan fingerprint density at radius 3 is 2.30 bits per heavy atom. The van der Waals surface area contributed by atoms with Crippen molar-refractivity contribution in [3.8, 4) is 0 Å². The van der Waals surface area contributed by atoms with Crippen LogP contribution in [0.15, 0.2) is 111 Å². The summed E-state index contributed by atoms with van der Waals surface area (Å²) >= 11 is 12.3. The van der Waals surface area contributed by atoms with E-state index in [2.05, 4.69) is 0 Å². The maximum Gasteiger partial charge on any atom is 0.340 e. The van der Waals surface area contributed by atoms with Gasteiger partial charge in [-0.15, -0.1) is 0 Å². The molecule has 0 saturated heterocycles. The summed E-state index contributed by atoms with van der Waals surface area (Å²) < 4.78 is 39.9. The van der Waals surface area contributed by atoms with E-state index in [0.29, 0.717) is 32.8 Å². The molecular formula is C33H28Cl2N2O6S. The van der Waals surface area contributed by atoms with Crippen LogP contribution in [0.5, 0.6) is 0 Å². The summed E-state index contributed by atoms with van der Waals surface area (Å²) in [6.45, 7) is 3.41. The van der Waals surface area contributed by atoms with Gasteiger partial charge in [0.2, 0.25) is 10.0 Å². The number of anilines is 1. The van der Waals surface area contributed by atoms with Crippen molar-refractivity contribution in [3.63, 3.8) is 0 Å². The number of carbonyl (C=O) groups excluding carboxylic acids is 2. The lowest BCUT2D eigenvalue weighted by atomic mass is 10.1. The number of para-hydroxylation sites is 1. The highest BCUT2D eigenvalue weighted by molar-refractivity contribution is 7.89. The standard InChI is InChI=1S/C33H28Cl2N2O6S/c1-21-9-14-27(15-10-21)44(40,41)36(19-23-11-16-29(34)30(35)17-23)20-26-13-12-25(43-26)18-28-31(33(39)42-3)22(2)37(32(28)38)24-7-5-4-6-8-24/h4-18H,19-20H2,1-3H3/b28-18+. The lowest BCUT2D eigenvalue weighted by molar-refractivity contribution is -0.136. The van der Waals surface area contributed by atoms with Gasteiger partial charge < -0.3 is 9.15 Å². The zero-order valence-corrected chi connectivity index (χ0v) is 26.4. The second-order valence-corrected chi connectivity index (χ2v) is 12.9. The number of carbonyl (C=O) groups is 2. The van der Waals surface area contributed by atoms with E-state index >= 15 is 0 Å². The van der Waals surface area contributed by atoms with Crippen LogP contribution in [-0.2, 0) is 37.4 Å². The molecule has 0 spiro atoms. The third-order valence-corrected chi connectivity index (χ3v) is 9.65. The van der Waals surface area contributed by atoms with Crippen LogP contribution in [0.2, 0.25) is 10.0 Å². The maximum atomic E-state index is 13.8. The molecule has 11 heteroatoms. The van der Waals surface area contributed by atoms with Crippen molar-refractivity contribution in [2.45, 2.75) is 31.8 Å². The predicted molar refractivity (Wildman–Crippen MR) is 169 cm³/mol. The summed E-state index contributed by atoms with van der Waals surface area (Å²) in [5.41, 5.74) is 2.78. The summed E-state index contributed by atoms with van der Waals surface area (Å²) in [7, 11) is -2.73. The molecular weight excluding hydrogens is 623 g/mol. The molecule has 1 amide bonds. The molecule has 0 radical (unpaired) electrons. The highest BCUT2D eigenvalue weighted by Gasteiger charge is 2.38. The summed E-state index contributed by atoms with van der Waals surface area (Å²) in [6, 6.07) is 23.7. The second-order valence-electron chi connectivity index (χ2n) is 10.1. The summed E-state index contributed by atoms with van der Waals surface area (Å²) in [5, 5.41) is 0.661. The fraction of sp³-hybridized carbons (Fsp3) is 0.152. The average Bonchev–Trinajstić information content (AvgIpc) is 3.55. The van der Waals surface area contributed by atoms with Crippen LogP contribution < -0.4 is 4.90 Å². The number of furan rings is 1. The molecule has 5 rings (SSSR count). The molecule has 0 N–H and O–H groups in total. The Balaban J connectivity index is 1.49. The number of nitrogens with zero attached hydrogens (tertiary/aromatic N) is 2. The molecule has 44 heavy (non-hydrogen) atoms. The van der Waals surface area contributed by atoms with Crippen LogP contribution in [0, 0.1) is 6.92 Å². The van der Waals surface area contributed by atoms with E-state index in [0.717, 1.165) is 5.56 Å². The lowest BCUT2D eigenvalue weighted by Gasteiger charge is -2.22. The summed E-state index contributed by atoms with van der Waals surface area (Å²) in [5.74, 6) is -0.507. The van der Waals surface area contributed by atoms with Gasteiger partial charge in [0.1, 0.15) is 11.5 Å². The van der Waals surface area contributed by atoms with E-state index in [1.165, 1.54) is 22.4 Å². The van der Waals surface area contributed by atoms with Gasteiger partial charge in [-0.3, -0.25) is 9.69 Å². The van der Waals surface area contributed by atoms with E-state index in [1.54, 1.807) is 85.8 Å². The van der Waals surface area contributed by atoms with E-state index in [1.807, 2.05) is 13.0 Å². The van der Waals surface area contributed by atoms with Crippen molar-refractivity contribution in [3.05, 3.63) is 134 Å².